The minimum atomic E-state index is -1.93. The molecular weight excluding hydrogens is 1020 g/mol. The average molecular weight is 1080 g/mol. The van der Waals surface area contributed by atoms with Crippen molar-refractivity contribution in [3.8, 4) is 0 Å². The fraction of sp³-hybridized carbons (Fsp3) is 0.404. The number of nitrogens with one attached hydrogen (secondary N) is 3. The molecule has 5 N–H and O–H groups in total. The third-order valence-electron chi connectivity index (χ3n) is 12.8. The summed E-state index contributed by atoms with van der Waals surface area (Å²) in [6.07, 6.45) is -6.45. The molecule has 7 atom stereocenters. The number of ether oxygens (including phenoxy) is 3. The van der Waals surface area contributed by atoms with E-state index in [9.17, 15) is 74.1 Å². The van der Waals surface area contributed by atoms with Gasteiger partial charge in [-0.05, 0) is 67.3 Å². The maximum Gasteiger partial charge on any atom is 0.437 e. The van der Waals surface area contributed by atoms with Gasteiger partial charge in [0.15, 0.2) is 0 Å². The van der Waals surface area contributed by atoms with Crippen LogP contribution in [0.2, 0.25) is 0 Å². The van der Waals surface area contributed by atoms with E-state index in [2.05, 4.69) is 20.9 Å². The number of carboxylic acids is 1. The molecule has 4 aliphatic rings. The number of hydrogen-bond donors (Lipinski definition) is 5. The summed E-state index contributed by atoms with van der Waals surface area (Å²) in [5.74, 6) is -4.72. The third kappa shape index (κ3) is 13.0. The van der Waals surface area contributed by atoms with Gasteiger partial charge in [-0.3, -0.25) is 54.9 Å². The number of carboxylic acid groups (broad SMARTS) is 1. The second-order valence-electron chi connectivity index (χ2n) is 17.9. The maximum absolute atomic E-state index is 14.2. The van der Waals surface area contributed by atoms with Gasteiger partial charge in [0, 0.05) is 72.9 Å². The summed E-state index contributed by atoms with van der Waals surface area (Å²) in [5, 5.41) is 61.7. The van der Waals surface area contributed by atoms with Crippen LogP contribution in [0.5, 0.6) is 0 Å². The number of likely N-dealkylation sites (tertiary alicyclic amines) is 2. The van der Waals surface area contributed by atoms with E-state index >= 15 is 0 Å². The molecule has 29 heteroatoms. The number of carbonyl (C=O) groups excluding carboxylic acids is 6. The summed E-state index contributed by atoms with van der Waals surface area (Å²) in [5.41, 5.74) is 0.231. The molecule has 402 valence electrons. The Hall–Kier alpha value is -8.73. The molecule has 1 unspecified atom stereocenters. The molecule has 4 heterocycles. The van der Waals surface area contributed by atoms with Gasteiger partial charge in [0.1, 0.15) is 25.0 Å². The average Bonchev–Trinajstić information content (AvgIpc) is 3.91. The molecule has 0 bridgehead atoms. The van der Waals surface area contributed by atoms with Crippen LogP contribution >= 0.6 is 11.8 Å². The van der Waals surface area contributed by atoms with E-state index in [0.29, 0.717) is 16.0 Å². The van der Waals surface area contributed by atoms with E-state index < -0.39 is 110 Å². The molecule has 0 radical (unpaired) electrons. The van der Waals surface area contributed by atoms with E-state index in [1.54, 1.807) is 13.0 Å². The van der Waals surface area contributed by atoms with Crippen molar-refractivity contribution < 1.29 is 72.8 Å². The summed E-state index contributed by atoms with van der Waals surface area (Å²) in [4.78, 5) is 132. The van der Waals surface area contributed by atoms with Gasteiger partial charge in [0.2, 0.25) is 23.7 Å². The first kappa shape index (κ1) is 55.0. The SMILES string of the molecule is C[C@@H](O)[C@H]1C(=O)N2C(C(=O)O)=C(S[C@H]3C[C@@H](C(=O)N4CC(NC(=O)CCCNC(=NC(=O)OCc5ccc([N+](=O)[O-])cc5)NC(=O)OCc5ccc([N+](=O)[O-])cc5)C4)N(C(=O)OC(c4ccccc4)[N+](=O)[O-])C3)[C@H](C)[C@H]12. The van der Waals surface area contributed by atoms with Gasteiger partial charge in [0.25, 0.3) is 11.4 Å². The lowest BCUT2D eigenvalue weighted by Crippen LogP contribution is -2.64. The summed E-state index contributed by atoms with van der Waals surface area (Å²) >= 11 is 1.07. The fourth-order valence-corrected chi connectivity index (χ4v) is 10.5. The molecule has 3 fully saturated rings. The maximum atomic E-state index is 14.2. The molecule has 3 aromatic rings. The summed E-state index contributed by atoms with van der Waals surface area (Å²) in [7, 11) is 0. The Balaban J connectivity index is 0.944. The lowest BCUT2D eigenvalue weighted by Gasteiger charge is -2.46. The number of hydrogen-bond acceptors (Lipinski definition) is 18. The Morgan fingerprint density at radius 3 is 2.04 bits per heavy atom. The number of amides is 6. The van der Waals surface area contributed by atoms with Crippen LogP contribution in [0, 0.1) is 42.2 Å². The molecule has 3 aromatic carbocycles. The lowest BCUT2D eigenvalue weighted by molar-refractivity contribution is -0.575. The number of nitro groups is 3. The first-order valence-electron chi connectivity index (χ1n) is 23.5. The smallest absolute Gasteiger partial charge is 0.437 e. The quantitative estimate of drug-likeness (QED) is 0.0167. The van der Waals surface area contributed by atoms with Gasteiger partial charge in [-0.2, -0.15) is 0 Å². The second-order valence-corrected chi connectivity index (χ2v) is 19.3. The number of nitro benzene ring substituents is 2. The molecule has 6 amide bonds. The van der Waals surface area contributed by atoms with Crippen LogP contribution in [0.4, 0.5) is 25.8 Å². The van der Waals surface area contributed by atoms with Crippen LogP contribution in [0.25, 0.3) is 0 Å². The zero-order valence-electron chi connectivity index (χ0n) is 40.5. The Morgan fingerprint density at radius 1 is 0.868 bits per heavy atom. The standard InChI is InChI=1S/C47H50N10O18S/c1-25-37-36(26(2)58)41(61)54(37)38(43(62)63)39(25)76-33-19-34(53(22-33)47(66)75-42(57(71)72)29-7-4-3-5-8-29)40(60)52-20-30(21-52)49-35(59)9-6-18-48-44(50-45(64)73-23-27-10-14-31(15-11-27)55(67)68)51-46(65)74-24-28-12-16-32(17-13-28)56(69)70/h3-5,7-8,10-17,25-26,30,33-34,36-37,42,58H,6,9,18-24H2,1-2H3,(H,49,59)(H,62,63)(H2,48,50,51,64,65)/t25-,26-,33+,34+,36-,37-,42?/m1/s1. The minimum Gasteiger partial charge on any atom is -0.477 e. The molecule has 7 rings (SSSR count). The van der Waals surface area contributed by atoms with Gasteiger partial charge < -0.3 is 44.9 Å². The van der Waals surface area contributed by atoms with Crippen molar-refractivity contribution in [2.24, 2.45) is 16.8 Å². The highest BCUT2D eigenvalue weighted by molar-refractivity contribution is 8.03. The number of aliphatic hydroxyl groups excluding tert-OH is 1. The zero-order valence-corrected chi connectivity index (χ0v) is 41.3. The number of aliphatic carboxylic acids is 1. The van der Waals surface area contributed by atoms with E-state index in [-0.39, 0.29) is 81.3 Å². The van der Waals surface area contributed by atoms with Crippen molar-refractivity contribution in [1.82, 2.24) is 30.7 Å². The Bertz CT molecular complexity index is 2830. The predicted octanol–water partition coefficient (Wildman–Crippen LogP) is 3.56. The van der Waals surface area contributed by atoms with Crippen molar-refractivity contribution in [3.63, 3.8) is 0 Å². The molecule has 4 aliphatic heterocycles. The van der Waals surface area contributed by atoms with Crippen molar-refractivity contribution >= 4 is 71.1 Å². The number of nitrogens with zero attached hydrogens (tertiary/aromatic N) is 7. The van der Waals surface area contributed by atoms with Crippen molar-refractivity contribution in [3.05, 3.63) is 136 Å². The molecule has 76 heavy (non-hydrogen) atoms. The highest BCUT2D eigenvalue weighted by Gasteiger charge is 2.60. The van der Waals surface area contributed by atoms with E-state index in [4.69, 9.17) is 14.2 Å². The molecule has 0 aromatic heterocycles. The van der Waals surface area contributed by atoms with E-state index in [1.807, 2.05) is 0 Å². The number of rotatable bonds is 19. The minimum absolute atomic E-state index is 0.0110. The molecule has 0 spiro atoms. The largest absolute Gasteiger partial charge is 0.477 e. The fourth-order valence-electron chi connectivity index (χ4n) is 9.00. The normalized spacial score (nSPS) is 20.8. The Morgan fingerprint density at radius 2 is 1.47 bits per heavy atom. The molecule has 0 aliphatic carbocycles. The van der Waals surface area contributed by atoms with Crippen LogP contribution in [0.1, 0.15) is 56.0 Å². The van der Waals surface area contributed by atoms with E-state index in [1.165, 1.54) is 84.6 Å². The number of aliphatic imine (C=N–C) groups is 1. The number of fused-ring (bicyclic) bond motifs is 1. The summed E-state index contributed by atoms with van der Waals surface area (Å²) in [6, 6.07) is 15.4. The van der Waals surface area contributed by atoms with Gasteiger partial charge >= 0.3 is 30.5 Å². The Labute approximate surface area is 434 Å². The Kier molecular flexibility index (Phi) is 17.4. The summed E-state index contributed by atoms with van der Waals surface area (Å²) in [6.45, 7) is 2.28. The van der Waals surface area contributed by atoms with Gasteiger partial charge in [-0.15, -0.1) is 16.8 Å². The van der Waals surface area contributed by atoms with Gasteiger partial charge in [-0.1, -0.05) is 25.1 Å². The number of thioether (sulfide) groups is 1. The monoisotopic (exact) mass is 1070 g/mol. The molecule has 0 saturated carbocycles. The predicted molar refractivity (Wildman–Crippen MR) is 262 cm³/mol. The van der Waals surface area contributed by atoms with Crippen molar-refractivity contribution in [1.29, 1.82) is 0 Å². The summed E-state index contributed by atoms with van der Waals surface area (Å²) < 4.78 is 15.7. The van der Waals surface area contributed by atoms with Crippen LogP contribution in [0.3, 0.4) is 0 Å². The molecule has 3 saturated heterocycles. The number of β-lactam (4-membered cyclic amide) rings is 1. The second kappa shape index (κ2) is 24.1. The highest BCUT2D eigenvalue weighted by atomic mass is 32.2. The highest BCUT2D eigenvalue weighted by Crippen LogP contribution is 2.52. The number of non-ortho nitro benzene ring substituents is 2. The number of benzene rings is 3. The first-order valence-corrected chi connectivity index (χ1v) is 24.4. The number of aliphatic hydroxyl groups is 1. The van der Waals surface area contributed by atoms with Crippen LogP contribution in [-0.4, -0.2) is 143 Å². The molecule has 28 nitrogen and oxygen atoms in total. The molecular formula is C47H50N10O18S. The van der Waals surface area contributed by atoms with Gasteiger partial charge in [-0.25, -0.2) is 19.2 Å². The van der Waals surface area contributed by atoms with Gasteiger partial charge in [0.05, 0.1) is 44.4 Å². The van der Waals surface area contributed by atoms with Crippen LogP contribution in [0.15, 0.2) is 94.5 Å². The zero-order chi connectivity index (χ0) is 55.0. The first-order chi connectivity index (χ1) is 36.2. The van der Waals surface area contributed by atoms with Crippen molar-refractivity contribution in [2.75, 3.05) is 26.2 Å². The topological polar surface area (TPSA) is 375 Å². The lowest BCUT2D eigenvalue weighted by atomic mass is 9.79. The number of carbonyl (C=O) groups is 7. The number of guanidine groups is 1. The van der Waals surface area contributed by atoms with E-state index in [0.717, 1.165) is 21.6 Å². The van der Waals surface area contributed by atoms with Crippen molar-refractivity contribution in [2.45, 2.75) is 82.0 Å². The van der Waals surface area contributed by atoms with Crippen LogP contribution in [-0.2, 0) is 46.6 Å². The van der Waals surface area contributed by atoms with Crippen LogP contribution < -0.4 is 16.0 Å². The number of alkyl carbamates (subject to hydrolysis) is 1. The third-order valence-corrected chi connectivity index (χ3v) is 14.3.